The highest BCUT2D eigenvalue weighted by atomic mass is 35.5. The van der Waals surface area contributed by atoms with Crippen LogP contribution in [0.2, 0.25) is 5.02 Å². The van der Waals surface area contributed by atoms with Crippen molar-refractivity contribution in [1.29, 1.82) is 0 Å². The predicted octanol–water partition coefficient (Wildman–Crippen LogP) is 5.29. The normalized spacial score (nSPS) is 11.2. The largest absolute Gasteiger partial charge is 0.484 e. The van der Waals surface area contributed by atoms with Gasteiger partial charge in [0, 0.05) is 18.1 Å². The van der Waals surface area contributed by atoms with Gasteiger partial charge < -0.3 is 9.64 Å². The third kappa shape index (κ3) is 6.30. The quantitative estimate of drug-likeness (QED) is 0.379. The summed E-state index contributed by atoms with van der Waals surface area (Å²) in [5.41, 5.74) is 2.26. The second-order valence-electron chi connectivity index (χ2n) is 7.80. The van der Waals surface area contributed by atoms with Crippen molar-refractivity contribution in [3.8, 4) is 5.75 Å². The topological polar surface area (TPSA) is 66.9 Å². The zero-order chi connectivity index (χ0) is 24.7. The van der Waals surface area contributed by atoms with Crippen molar-refractivity contribution in [1.82, 2.24) is 4.90 Å². The molecule has 34 heavy (non-hydrogen) atoms. The van der Waals surface area contributed by atoms with Gasteiger partial charge in [0.15, 0.2) is 6.61 Å². The number of carbonyl (C=O) groups excluding carboxylic acids is 1. The van der Waals surface area contributed by atoms with Gasteiger partial charge in [-0.05, 0) is 74.9 Å². The highest BCUT2D eigenvalue weighted by Crippen LogP contribution is 2.28. The number of carbonyl (C=O) groups is 1. The predicted molar refractivity (Wildman–Crippen MR) is 136 cm³/mol. The van der Waals surface area contributed by atoms with Crippen molar-refractivity contribution in [3.63, 3.8) is 0 Å². The minimum absolute atomic E-state index is 0.0722. The Bertz CT molecular complexity index is 1190. The van der Waals surface area contributed by atoms with E-state index in [1.807, 2.05) is 20.8 Å². The minimum Gasteiger partial charge on any atom is -0.484 e. The van der Waals surface area contributed by atoms with Crippen LogP contribution in [0.5, 0.6) is 5.75 Å². The molecule has 0 fully saturated rings. The summed E-state index contributed by atoms with van der Waals surface area (Å²) in [4.78, 5) is 14.1. The van der Waals surface area contributed by atoms with Crippen LogP contribution in [-0.2, 0) is 21.4 Å². The molecule has 0 N–H and O–H groups in total. The van der Waals surface area contributed by atoms with Crippen LogP contribution in [0, 0.1) is 6.92 Å². The van der Waals surface area contributed by atoms with Gasteiger partial charge in [-0.3, -0.25) is 9.10 Å². The lowest BCUT2D eigenvalue weighted by Crippen LogP contribution is -2.34. The fraction of sp³-hybridized carbons (Fsp3) is 0.269. The number of hydrogen-bond donors (Lipinski definition) is 0. The zero-order valence-corrected chi connectivity index (χ0v) is 21.1. The van der Waals surface area contributed by atoms with E-state index in [9.17, 15) is 13.2 Å². The van der Waals surface area contributed by atoms with Crippen LogP contribution >= 0.6 is 11.6 Å². The molecule has 180 valence electrons. The molecule has 0 saturated carbocycles. The number of amides is 1. The summed E-state index contributed by atoms with van der Waals surface area (Å²) in [7, 11) is -3.84. The van der Waals surface area contributed by atoms with E-state index in [0.29, 0.717) is 29.5 Å². The molecule has 3 rings (SSSR count). The molecule has 0 bridgehead atoms. The van der Waals surface area contributed by atoms with E-state index in [1.54, 1.807) is 77.7 Å². The molecule has 1 amide bonds. The Hall–Kier alpha value is -3.03. The van der Waals surface area contributed by atoms with Gasteiger partial charge in [-0.2, -0.15) is 0 Å². The molecule has 0 heterocycles. The van der Waals surface area contributed by atoms with Crippen molar-refractivity contribution >= 4 is 33.2 Å². The zero-order valence-electron chi connectivity index (χ0n) is 19.6. The summed E-state index contributed by atoms with van der Waals surface area (Å²) >= 11 is 6.00. The summed E-state index contributed by atoms with van der Waals surface area (Å²) in [6, 6.07) is 20.5. The first-order valence-electron chi connectivity index (χ1n) is 11.1. The molecule has 3 aromatic carbocycles. The van der Waals surface area contributed by atoms with Crippen LogP contribution in [0.3, 0.4) is 0 Å². The van der Waals surface area contributed by atoms with Crippen molar-refractivity contribution in [2.45, 2.75) is 32.2 Å². The maximum Gasteiger partial charge on any atom is 0.264 e. The summed E-state index contributed by atoms with van der Waals surface area (Å²) in [5, 5.41) is 0.581. The monoisotopic (exact) mass is 500 g/mol. The van der Waals surface area contributed by atoms with Gasteiger partial charge in [0.2, 0.25) is 0 Å². The van der Waals surface area contributed by atoms with Crippen LogP contribution in [0.25, 0.3) is 0 Å². The van der Waals surface area contributed by atoms with Gasteiger partial charge >= 0.3 is 0 Å². The Balaban J connectivity index is 1.87. The number of benzene rings is 3. The van der Waals surface area contributed by atoms with Gasteiger partial charge in [0.1, 0.15) is 5.75 Å². The number of rotatable bonds is 10. The SMILES string of the molecule is CCN(CC)C(=O)COc1ccc(N(Cc2ccc(Cl)cc2)S(=O)(=O)c2ccc(C)cc2)cc1. The second-order valence-corrected chi connectivity index (χ2v) is 10.1. The molecule has 8 heteroatoms. The highest BCUT2D eigenvalue weighted by Gasteiger charge is 2.25. The van der Waals surface area contributed by atoms with Crippen LogP contribution in [0.1, 0.15) is 25.0 Å². The number of sulfonamides is 1. The van der Waals surface area contributed by atoms with E-state index in [2.05, 4.69) is 0 Å². The van der Waals surface area contributed by atoms with Crippen LogP contribution in [-0.4, -0.2) is 38.9 Å². The van der Waals surface area contributed by atoms with E-state index >= 15 is 0 Å². The average Bonchev–Trinajstić information content (AvgIpc) is 2.84. The molecule has 0 unspecified atom stereocenters. The molecular weight excluding hydrogens is 472 g/mol. The molecule has 0 aliphatic carbocycles. The first kappa shape index (κ1) is 25.6. The third-order valence-electron chi connectivity index (χ3n) is 5.45. The number of nitrogens with zero attached hydrogens (tertiary/aromatic N) is 2. The molecular formula is C26H29ClN2O4S. The Labute approximate surface area is 206 Å². The number of anilines is 1. The first-order valence-corrected chi connectivity index (χ1v) is 12.9. The molecule has 0 saturated heterocycles. The fourth-order valence-electron chi connectivity index (χ4n) is 3.43. The lowest BCUT2D eigenvalue weighted by molar-refractivity contribution is -0.132. The smallest absolute Gasteiger partial charge is 0.264 e. The lowest BCUT2D eigenvalue weighted by Gasteiger charge is -2.25. The van der Waals surface area contributed by atoms with E-state index in [-0.39, 0.29) is 24.0 Å². The van der Waals surface area contributed by atoms with E-state index < -0.39 is 10.0 Å². The average molecular weight is 501 g/mol. The van der Waals surface area contributed by atoms with Crippen molar-refractivity contribution in [2.24, 2.45) is 0 Å². The summed E-state index contributed by atoms with van der Waals surface area (Å²) < 4.78 is 34.1. The van der Waals surface area contributed by atoms with Gasteiger partial charge in [0.05, 0.1) is 17.1 Å². The first-order chi connectivity index (χ1) is 16.2. The summed E-state index contributed by atoms with van der Waals surface area (Å²) in [5.74, 6) is 0.392. The molecule has 3 aromatic rings. The molecule has 0 aromatic heterocycles. The van der Waals surface area contributed by atoms with Gasteiger partial charge in [0.25, 0.3) is 15.9 Å². The summed E-state index contributed by atoms with van der Waals surface area (Å²) in [6.07, 6.45) is 0. The highest BCUT2D eigenvalue weighted by molar-refractivity contribution is 7.92. The maximum atomic E-state index is 13.6. The maximum absolute atomic E-state index is 13.6. The molecule has 6 nitrogen and oxygen atoms in total. The van der Waals surface area contributed by atoms with Gasteiger partial charge in [-0.15, -0.1) is 0 Å². The Morgan fingerprint density at radius 3 is 2.03 bits per heavy atom. The standard InChI is InChI=1S/C26H29ClN2O4S/c1-4-28(5-2)26(30)19-33-24-14-12-23(13-15-24)29(18-21-8-10-22(27)11-9-21)34(31,32)25-16-6-20(3)7-17-25/h6-17H,4-5,18-19H2,1-3H3. The third-order valence-corrected chi connectivity index (χ3v) is 7.49. The molecule has 0 aliphatic rings. The molecule has 0 aliphatic heterocycles. The second kappa shape index (κ2) is 11.4. The minimum atomic E-state index is -3.84. The van der Waals surface area contributed by atoms with Gasteiger partial charge in [-0.25, -0.2) is 8.42 Å². The molecule has 0 atom stereocenters. The number of ether oxygens (including phenoxy) is 1. The Kier molecular flexibility index (Phi) is 8.58. The van der Waals surface area contributed by atoms with Crippen molar-refractivity contribution < 1.29 is 17.9 Å². The van der Waals surface area contributed by atoms with Crippen LogP contribution in [0.4, 0.5) is 5.69 Å². The fourth-order valence-corrected chi connectivity index (χ4v) is 5.01. The Morgan fingerprint density at radius 1 is 0.882 bits per heavy atom. The Morgan fingerprint density at radius 2 is 1.47 bits per heavy atom. The van der Waals surface area contributed by atoms with E-state index in [0.717, 1.165) is 11.1 Å². The number of likely N-dealkylation sites (N-methyl/N-ethyl adjacent to an activating group) is 1. The lowest BCUT2D eigenvalue weighted by atomic mass is 10.2. The van der Waals surface area contributed by atoms with E-state index in [4.69, 9.17) is 16.3 Å². The van der Waals surface area contributed by atoms with Crippen LogP contribution < -0.4 is 9.04 Å². The number of halogens is 1. The van der Waals surface area contributed by atoms with Crippen molar-refractivity contribution in [2.75, 3.05) is 24.0 Å². The number of hydrogen-bond acceptors (Lipinski definition) is 4. The molecule has 0 radical (unpaired) electrons. The van der Waals surface area contributed by atoms with Crippen molar-refractivity contribution in [3.05, 3.63) is 88.9 Å². The number of aryl methyl sites for hydroxylation is 1. The van der Waals surface area contributed by atoms with Gasteiger partial charge in [-0.1, -0.05) is 41.4 Å². The van der Waals surface area contributed by atoms with Crippen LogP contribution in [0.15, 0.2) is 77.7 Å². The van der Waals surface area contributed by atoms with E-state index in [1.165, 1.54) is 4.31 Å². The molecule has 0 spiro atoms. The summed E-state index contributed by atoms with van der Waals surface area (Å²) in [6.45, 7) is 7.04.